The van der Waals surface area contributed by atoms with E-state index in [0.29, 0.717) is 6.61 Å². The van der Waals surface area contributed by atoms with Crippen LogP contribution in [0.1, 0.15) is 22.7 Å². The minimum absolute atomic E-state index is 0.0145. The molecule has 2 atom stereocenters. The molecule has 122 valence electrons. The SMILES string of the molecule is Cc1cc(C)c2c(c1)OCC(O)C2N1CCN(CCO)CC1. The number of fused-ring (bicyclic) bond motifs is 1. The molecule has 22 heavy (non-hydrogen) atoms. The molecule has 5 nitrogen and oxygen atoms in total. The molecule has 1 saturated heterocycles. The Hall–Kier alpha value is -1.14. The quantitative estimate of drug-likeness (QED) is 0.861. The smallest absolute Gasteiger partial charge is 0.124 e. The molecule has 3 rings (SSSR count). The van der Waals surface area contributed by atoms with E-state index in [-0.39, 0.29) is 12.6 Å². The maximum Gasteiger partial charge on any atom is 0.124 e. The van der Waals surface area contributed by atoms with Crippen molar-refractivity contribution >= 4 is 0 Å². The fraction of sp³-hybridized carbons (Fsp3) is 0.647. The molecule has 2 heterocycles. The summed E-state index contributed by atoms with van der Waals surface area (Å²) in [5.74, 6) is 0.922. The van der Waals surface area contributed by atoms with Gasteiger partial charge in [0.15, 0.2) is 0 Å². The standard InChI is InChI=1S/C17H26N2O3/c1-12-9-13(2)16-15(10-12)22-11-14(21)17(16)19-5-3-18(4-6-19)7-8-20/h9-10,14,17,20-21H,3-8,11H2,1-2H3. The van der Waals surface area contributed by atoms with Crippen molar-refractivity contribution in [1.82, 2.24) is 9.80 Å². The predicted octanol–water partition coefficient (Wildman–Crippen LogP) is 0.708. The van der Waals surface area contributed by atoms with E-state index in [2.05, 4.69) is 35.8 Å². The Bertz CT molecular complexity index is 527. The Kier molecular flexibility index (Phi) is 4.68. The van der Waals surface area contributed by atoms with Gasteiger partial charge in [0.25, 0.3) is 0 Å². The first-order valence-electron chi connectivity index (χ1n) is 8.09. The maximum atomic E-state index is 10.5. The molecule has 2 aliphatic heterocycles. The van der Waals surface area contributed by atoms with Crippen LogP contribution in [-0.4, -0.2) is 72.1 Å². The highest BCUT2D eigenvalue weighted by Gasteiger charge is 2.36. The molecule has 5 heteroatoms. The molecule has 0 aromatic heterocycles. The third kappa shape index (κ3) is 2.99. The number of benzene rings is 1. The van der Waals surface area contributed by atoms with Crippen LogP contribution >= 0.6 is 0 Å². The topological polar surface area (TPSA) is 56.2 Å². The van der Waals surface area contributed by atoms with E-state index in [1.807, 2.05) is 0 Å². The first kappa shape index (κ1) is 15.7. The number of nitrogens with zero attached hydrogens (tertiary/aromatic N) is 2. The van der Waals surface area contributed by atoms with Crippen molar-refractivity contribution in [2.45, 2.75) is 26.0 Å². The number of aryl methyl sites for hydroxylation is 2. The van der Waals surface area contributed by atoms with Gasteiger partial charge in [-0.3, -0.25) is 9.80 Å². The Balaban J connectivity index is 1.83. The van der Waals surface area contributed by atoms with E-state index >= 15 is 0 Å². The largest absolute Gasteiger partial charge is 0.490 e. The number of ether oxygens (including phenoxy) is 1. The number of aliphatic hydroxyl groups is 2. The first-order chi connectivity index (χ1) is 10.6. The number of piperazine rings is 1. The molecule has 0 saturated carbocycles. The van der Waals surface area contributed by atoms with Crippen LogP contribution in [0.2, 0.25) is 0 Å². The first-order valence-corrected chi connectivity index (χ1v) is 8.09. The molecule has 0 radical (unpaired) electrons. The molecule has 2 N–H and O–H groups in total. The van der Waals surface area contributed by atoms with Crippen LogP contribution < -0.4 is 4.74 Å². The molecular formula is C17H26N2O3. The van der Waals surface area contributed by atoms with Crippen molar-refractivity contribution in [2.24, 2.45) is 0 Å². The van der Waals surface area contributed by atoms with Crippen LogP contribution in [0, 0.1) is 13.8 Å². The average molecular weight is 306 g/mol. The Morgan fingerprint density at radius 3 is 2.59 bits per heavy atom. The minimum atomic E-state index is -0.488. The van der Waals surface area contributed by atoms with E-state index in [4.69, 9.17) is 9.84 Å². The Morgan fingerprint density at radius 1 is 1.18 bits per heavy atom. The van der Waals surface area contributed by atoms with Gasteiger partial charge in [-0.1, -0.05) is 6.07 Å². The molecule has 2 aliphatic rings. The fourth-order valence-corrected chi connectivity index (χ4v) is 3.73. The van der Waals surface area contributed by atoms with Crippen LogP contribution in [0.5, 0.6) is 5.75 Å². The maximum absolute atomic E-state index is 10.5. The Morgan fingerprint density at radius 2 is 1.91 bits per heavy atom. The summed E-state index contributed by atoms with van der Waals surface area (Å²) in [6.45, 7) is 9.17. The summed E-state index contributed by atoms with van der Waals surface area (Å²) in [5, 5.41) is 19.6. The average Bonchev–Trinajstić information content (AvgIpc) is 2.49. The number of hydrogen-bond donors (Lipinski definition) is 2. The van der Waals surface area contributed by atoms with E-state index in [1.165, 1.54) is 11.1 Å². The summed E-state index contributed by atoms with van der Waals surface area (Å²) < 4.78 is 5.76. The van der Waals surface area contributed by atoms with Crippen LogP contribution in [0.3, 0.4) is 0 Å². The van der Waals surface area contributed by atoms with Crippen LogP contribution in [0.25, 0.3) is 0 Å². The van der Waals surface area contributed by atoms with Crippen molar-refractivity contribution in [3.63, 3.8) is 0 Å². The molecule has 0 aliphatic carbocycles. The fourth-order valence-electron chi connectivity index (χ4n) is 3.73. The van der Waals surface area contributed by atoms with Crippen LogP contribution in [0.4, 0.5) is 0 Å². The van der Waals surface area contributed by atoms with Gasteiger partial charge in [-0.05, 0) is 31.0 Å². The molecule has 0 bridgehead atoms. The van der Waals surface area contributed by atoms with Gasteiger partial charge in [0.1, 0.15) is 18.5 Å². The molecule has 1 aromatic carbocycles. The summed E-state index contributed by atoms with van der Waals surface area (Å²) in [7, 11) is 0. The van der Waals surface area contributed by atoms with Gasteiger partial charge in [0.2, 0.25) is 0 Å². The molecule has 1 fully saturated rings. The van der Waals surface area contributed by atoms with Gasteiger partial charge >= 0.3 is 0 Å². The highest BCUT2D eigenvalue weighted by Crippen LogP contribution is 2.39. The second-order valence-electron chi connectivity index (χ2n) is 6.42. The number of β-amino-alcohol motifs (C(OH)–C–C–N with tert-alkyl or cyclic N) is 1. The molecule has 0 spiro atoms. The summed E-state index contributed by atoms with van der Waals surface area (Å²) >= 11 is 0. The number of rotatable bonds is 3. The lowest BCUT2D eigenvalue weighted by atomic mass is 9.91. The van der Waals surface area contributed by atoms with Gasteiger partial charge in [0.05, 0.1) is 12.6 Å². The van der Waals surface area contributed by atoms with Crippen LogP contribution in [0.15, 0.2) is 12.1 Å². The van der Waals surface area contributed by atoms with Crippen molar-refractivity contribution in [1.29, 1.82) is 0 Å². The van der Waals surface area contributed by atoms with Gasteiger partial charge in [-0.25, -0.2) is 0 Å². The minimum Gasteiger partial charge on any atom is -0.490 e. The van der Waals surface area contributed by atoms with Gasteiger partial charge in [-0.15, -0.1) is 0 Å². The lowest BCUT2D eigenvalue weighted by molar-refractivity contribution is -0.0197. The summed E-state index contributed by atoms with van der Waals surface area (Å²) in [4.78, 5) is 4.63. The zero-order valence-electron chi connectivity index (χ0n) is 13.5. The normalized spacial score (nSPS) is 26.5. The van der Waals surface area contributed by atoms with Crippen molar-refractivity contribution in [3.05, 3.63) is 28.8 Å². The monoisotopic (exact) mass is 306 g/mol. The molecular weight excluding hydrogens is 280 g/mol. The second kappa shape index (κ2) is 6.54. The summed E-state index contributed by atoms with van der Waals surface area (Å²) in [5.41, 5.74) is 3.52. The lowest BCUT2D eigenvalue weighted by Gasteiger charge is -2.43. The third-order valence-corrected chi connectivity index (χ3v) is 4.78. The van der Waals surface area contributed by atoms with E-state index < -0.39 is 6.10 Å². The highest BCUT2D eigenvalue weighted by molar-refractivity contribution is 5.47. The lowest BCUT2D eigenvalue weighted by Crippen LogP contribution is -2.52. The highest BCUT2D eigenvalue weighted by atomic mass is 16.5. The Labute approximate surface area is 132 Å². The summed E-state index contributed by atoms with van der Waals surface area (Å²) in [6.07, 6.45) is -0.488. The van der Waals surface area contributed by atoms with Gasteiger partial charge in [-0.2, -0.15) is 0 Å². The van der Waals surface area contributed by atoms with Crippen molar-refractivity contribution < 1.29 is 14.9 Å². The summed E-state index contributed by atoms with van der Waals surface area (Å²) in [6, 6.07) is 4.25. The number of hydrogen-bond acceptors (Lipinski definition) is 5. The predicted molar refractivity (Wildman–Crippen MR) is 85.3 cm³/mol. The molecule has 2 unspecified atom stereocenters. The number of aliphatic hydroxyl groups excluding tert-OH is 2. The third-order valence-electron chi connectivity index (χ3n) is 4.78. The van der Waals surface area contributed by atoms with E-state index in [9.17, 15) is 5.11 Å². The zero-order valence-corrected chi connectivity index (χ0v) is 13.5. The van der Waals surface area contributed by atoms with E-state index in [1.54, 1.807) is 0 Å². The molecule has 0 amide bonds. The zero-order chi connectivity index (χ0) is 15.7. The van der Waals surface area contributed by atoms with Crippen molar-refractivity contribution in [2.75, 3.05) is 45.9 Å². The van der Waals surface area contributed by atoms with Gasteiger partial charge < -0.3 is 14.9 Å². The van der Waals surface area contributed by atoms with Crippen LogP contribution in [-0.2, 0) is 0 Å². The second-order valence-corrected chi connectivity index (χ2v) is 6.42. The van der Waals surface area contributed by atoms with Gasteiger partial charge in [0, 0.05) is 38.3 Å². The van der Waals surface area contributed by atoms with Crippen molar-refractivity contribution in [3.8, 4) is 5.75 Å². The molecule has 1 aromatic rings. The van der Waals surface area contributed by atoms with E-state index in [0.717, 1.165) is 44.0 Å².